The zero-order chi connectivity index (χ0) is 23.4. The van der Waals surface area contributed by atoms with Crippen LogP contribution < -0.4 is 10.2 Å². The normalized spacial score (nSPS) is 16.5. The maximum absolute atomic E-state index is 12.7. The van der Waals surface area contributed by atoms with Crippen LogP contribution in [0.15, 0.2) is 48.8 Å². The van der Waals surface area contributed by atoms with Crippen molar-refractivity contribution in [2.24, 2.45) is 0 Å². The third kappa shape index (κ3) is 5.38. The monoisotopic (exact) mass is 460 g/mol. The predicted octanol–water partition coefficient (Wildman–Crippen LogP) is 2.89. The number of carbonyl (C=O) groups excluding carboxylic acids is 1. The number of benzene rings is 1. The molecule has 12 heteroatoms. The standard InChI is InChI=1S/C21H23F3N8O/c1-30(18-4-3-11-31(14-18)19-5-2-10-26-28-19)20(33)25-12-16-13-32(29-27-16)17-8-6-15(7-9-17)21(22,23)24/h2,5-10,13,18H,3-4,11-12,14H2,1H3,(H,25,33)/t18-/m1/s1. The number of hydrogen-bond acceptors (Lipinski definition) is 6. The van der Waals surface area contributed by atoms with E-state index >= 15 is 0 Å². The molecule has 0 saturated carbocycles. The fourth-order valence-electron chi connectivity index (χ4n) is 3.71. The number of hydrogen-bond donors (Lipinski definition) is 1. The van der Waals surface area contributed by atoms with E-state index in [2.05, 4.69) is 30.7 Å². The maximum atomic E-state index is 12.7. The van der Waals surface area contributed by atoms with Gasteiger partial charge in [-0.1, -0.05) is 5.21 Å². The van der Waals surface area contributed by atoms with Gasteiger partial charge in [0.15, 0.2) is 5.82 Å². The minimum atomic E-state index is -4.40. The van der Waals surface area contributed by atoms with Gasteiger partial charge in [0.1, 0.15) is 5.69 Å². The summed E-state index contributed by atoms with van der Waals surface area (Å²) in [6, 6.07) is 8.12. The molecule has 1 aliphatic rings. The molecule has 1 aromatic carbocycles. The van der Waals surface area contributed by atoms with Crippen molar-refractivity contribution in [3.8, 4) is 5.69 Å². The van der Waals surface area contributed by atoms with Gasteiger partial charge in [0.05, 0.1) is 30.0 Å². The van der Waals surface area contributed by atoms with Crippen molar-refractivity contribution < 1.29 is 18.0 Å². The number of nitrogens with zero attached hydrogens (tertiary/aromatic N) is 7. The SMILES string of the molecule is CN(C(=O)NCc1cn(-c2ccc(C(F)(F)F)cc2)nn1)[C@@H]1CCCN(c2cccnn2)C1. The van der Waals surface area contributed by atoms with Crippen LogP contribution in [-0.4, -0.2) is 62.3 Å². The second kappa shape index (κ2) is 9.43. The number of alkyl halides is 3. The van der Waals surface area contributed by atoms with Crippen molar-refractivity contribution in [1.29, 1.82) is 0 Å². The van der Waals surface area contributed by atoms with E-state index in [-0.39, 0.29) is 18.6 Å². The van der Waals surface area contributed by atoms with Gasteiger partial charge in [-0.15, -0.1) is 10.2 Å². The van der Waals surface area contributed by atoms with Gasteiger partial charge in [-0.05, 0) is 49.2 Å². The number of amides is 2. The molecule has 1 fully saturated rings. The highest BCUT2D eigenvalue weighted by Gasteiger charge is 2.30. The van der Waals surface area contributed by atoms with Crippen molar-refractivity contribution in [3.05, 3.63) is 60.0 Å². The number of carbonyl (C=O) groups is 1. The van der Waals surface area contributed by atoms with Crippen LogP contribution in [0.3, 0.4) is 0 Å². The number of halogens is 3. The summed E-state index contributed by atoms with van der Waals surface area (Å²) in [6.45, 7) is 1.66. The Labute approximate surface area is 188 Å². The number of rotatable bonds is 5. The molecule has 33 heavy (non-hydrogen) atoms. The highest BCUT2D eigenvalue weighted by Crippen LogP contribution is 2.29. The lowest BCUT2D eigenvalue weighted by atomic mass is 10.0. The Morgan fingerprint density at radius 3 is 2.70 bits per heavy atom. The van der Waals surface area contributed by atoms with Crippen LogP contribution in [0.25, 0.3) is 5.69 Å². The number of likely N-dealkylation sites (N-methyl/N-ethyl adjacent to an activating group) is 1. The fourth-order valence-corrected chi connectivity index (χ4v) is 3.71. The topological polar surface area (TPSA) is 92.1 Å². The minimum Gasteiger partial charge on any atom is -0.353 e. The Kier molecular flexibility index (Phi) is 6.43. The molecule has 174 valence electrons. The minimum absolute atomic E-state index is 0.0172. The summed E-state index contributed by atoms with van der Waals surface area (Å²) in [4.78, 5) is 16.5. The van der Waals surface area contributed by atoms with Gasteiger partial charge in [0.25, 0.3) is 0 Å². The summed E-state index contributed by atoms with van der Waals surface area (Å²) in [6.07, 6.45) is 0.606. The second-order valence-electron chi connectivity index (χ2n) is 7.79. The summed E-state index contributed by atoms with van der Waals surface area (Å²) < 4.78 is 39.5. The zero-order valence-corrected chi connectivity index (χ0v) is 17.9. The summed E-state index contributed by atoms with van der Waals surface area (Å²) >= 11 is 0. The van der Waals surface area contributed by atoms with Gasteiger partial charge in [-0.25, -0.2) is 9.48 Å². The molecule has 1 N–H and O–H groups in total. The molecule has 2 amide bonds. The predicted molar refractivity (Wildman–Crippen MR) is 114 cm³/mol. The van der Waals surface area contributed by atoms with Gasteiger partial charge in [0, 0.05) is 26.3 Å². The molecule has 0 bridgehead atoms. The first kappa shape index (κ1) is 22.5. The Morgan fingerprint density at radius 2 is 2.00 bits per heavy atom. The van der Waals surface area contributed by atoms with Crippen LogP contribution in [-0.2, 0) is 12.7 Å². The molecule has 2 aromatic heterocycles. The largest absolute Gasteiger partial charge is 0.416 e. The Morgan fingerprint density at radius 1 is 1.21 bits per heavy atom. The maximum Gasteiger partial charge on any atom is 0.416 e. The molecule has 3 heterocycles. The van der Waals surface area contributed by atoms with E-state index < -0.39 is 11.7 Å². The molecule has 1 atom stereocenters. The molecule has 9 nitrogen and oxygen atoms in total. The molecular formula is C21H23F3N8O. The third-order valence-corrected chi connectivity index (χ3v) is 5.57. The highest BCUT2D eigenvalue weighted by atomic mass is 19.4. The molecule has 1 saturated heterocycles. The molecule has 1 aliphatic heterocycles. The lowest BCUT2D eigenvalue weighted by molar-refractivity contribution is -0.137. The average Bonchev–Trinajstić information content (AvgIpc) is 3.31. The summed E-state index contributed by atoms with van der Waals surface area (Å²) in [5, 5.41) is 18.8. The molecule has 4 rings (SSSR count). The van der Waals surface area contributed by atoms with Crippen molar-refractivity contribution >= 4 is 11.8 Å². The van der Waals surface area contributed by atoms with Crippen LogP contribution in [0, 0.1) is 0 Å². The zero-order valence-electron chi connectivity index (χ0n) is 17.9. The van der Waals surface area contributed by atoms with E-state index in [1.165, 1.54) is 16.8 Å². The molecule has 3 aromatic rings. The fraction of sp³-hybridized carbons (Fsp3) is 0.381. The number of aromatic nitrogens is 5. The first-order valence-corrected chi connectivity index (χ1v) is 10.4. The highest BCUT2D eigenvalue weighted by molar-refractivity contribution is 5.74. The van der Waals surface area contributed by atoms with E-state index in [0.29, 0.717) is 17.9 Å². The lowest BCUT2D eigenvalue weighted by Crippen LogP contribution is -2.51. The molecular weight excluding hydrogens is 437 g/mol. The third-order valence-electron chi connectivity index (χ3n) is 5.57. The number of piperidine rings is 1. The van der Waals surface area contributed by atoms with E-state index in [1.54, 1.807) is 24.3 Å². The smallest absolute Gasteiger partial charge is 0.353 e. The Bertz CT molecular complexity index is 1070. The second-order valence-corrected chi connectivity index (χ2v) is 7.79. The summed E-state index contributed by atoms with van der Waals surface area (Å²) in [5.41, 5.74) is 0.195. The van der Waals surface area contributed by atoms with Crippen LogP contribution in [0.1, 0.15) is 24.1 Å². The van der Waals surface area contributed by atoms with E-state index in [9.17, 15) is 18.0 Å². The number of urea groups is 1. The van der Waals surface area contributed by atoms with E-state index in [0.717, 1.165) is 37.3 Å². The molecule has 0 aliphatic carbocycles. The quantitative estimate of drug-likeness (QED) is 0.630. The summed E-state index contributed by atoms with van der Waals surface area (Å²) in [5.74, 6) is 0.788. The van der Waals surface area contributed by atoms with Crippen LogP contribution in [0.5, 0.6) is 0 Å². The van der Waals surface area contributed by atoms with Crippen LogP contribution in [0.4, 0.5) is 23.8 Å². The Hall–Kier alpha value is -3.70. The van der Waals surface area contributed by atoms with Crippen molar-refractivity contribution in [2.45, 2.75) is 31.6 Å². The molecule has 0 radical (unpaired) electrons. The van der Waals surface area contributed by atoms with Crippen LogP contribution >= 0.6 is 0 Å². The first-order chi connectivity index (χ1) is 15.8. The van der Waals surface area contributed by atoms with Gasteiger partial charge >= 0.3 is 12.2 Å². The lowest BCUT2D eigenvalue weighted by Gasteiger charge is -2.37. The number of anilines is 1. The van der Waals surface area contributed by atoms with Crippen LogP contribution in [0.2, 0.25) is 0 Å². The van der Waals surface area contributed by atoms with E-state index in [1.807, 2.05) is 12.1 Å². The summed E-state index contributed by atoms with van der Waals surface area (Å²) in [7, 11) is 1.75. The van der Waals surface area contributed by atoms with Crippen molar-refractivity contribution in [1.82, 2.24) is 35.4 Å². The molecule has 0 unspecified atom stereocenters. The van der Waals surface area contributed by atoms with Crippen molar-refractivity contribution in [2.75, 3.05) is 25.0 Å². The average molecular weight is 460 g/mol. The van der Waals surface area contributed by atoms with Crippen molar-refractivity contribution in [3.63, 3.8) is 0 Å². The van der Waals surface area contributed by atoms with Gasteiger partial charge in [-0.3, -0.25) is 0 Å². The van der Waals surface area contributed by atoms with Gasteiger partial charge in [-0.2, -0.15) is 18.3 Å². The Balaban J connectivity index is 1.32. The van der Waals surface area contributed by atoms with E-state index in [4.69, 9.17) is 0 Å². The van der Waals surface area contributed by atoms with Gasteiger partial charge in [0.2, 0.25) is 0 Å². The van der Waals surface area contributed by atoms with Gasteiger partial charge < -0.3 is 15.1 Å². The first-order valence-electron chi connectivity index (χ1n) is 10.4. The molecule has 0 spiro atoms. The number of nitrogens with one attached hydrogen (secondary N) is 1.